The average Bonchev–Trinajstić information content (AvgIpc) is 2.29. The first-order valence-electron chi connectivity index (χ1n) is 4.83. The lowest BCUT2D eigenvalue weighted by atomic mass is 10.1. The van der Waals surface area contributed by atoms with Crippen LogP contribution in [-0.2, 0) is 22.1 Å². The van der Waals surface area contributed by atoms with E-state index >= 15 is 0 Å². The third kappa shape index (κ3) is 3.78. The molecule has 100 valence electrons. The SMILES string of the molecule is COC(=O)[C@@H](Cl)Cc1ccc(C(F)(F)F)cc1Cl. The molecule has 0 aromatic heterocycles. The molecule has 1 atom stereocenters. The number of carbonyl (C=O) groups is 1. The van der Waals surface area contributed by atoms with Crippen LogP contribution in [0.25, 0.3) is 0 Å². The third-order valence-corrected chi connectivity index (χ3v) is 2.92. The molecular weight excluding hydrogens is 292 g/mol. The summed E-state index contributed by atoms with van der Waals surface area (Å²) in [5.41, 5.74) is -0.490. The number of hydrogen-bond donors (Lipinski definition) is 0. The van der Waals surface area contributed by atoms with E-state index in [1.165, 1.54) is 13.2 Å². The molecule has 1 aromatic rings. The summed E-state index contributed by atoms with van der Waals surface area (Å²) >= 11 is 11.4. The highest BCUT2D eigenvalue weighted by atomic mass is 35.5. The maximum atomic E-state index is 12.4. The van der Waals surface area contributed by atoms with Gasteiger partial charge in [0.2, 0.25) is 0 Å². The number of carbonyl (C=O) groups excluding carboxylic acids is 1. The van der Waals surface area contributed by atoms with Crippen molar-refractivity contribution in [2.24, 2.45) is 0 Å². The summed E-state index contributed by atoms with van der Waals surface area (Å²) in [7, 11) is 1.17. The van der Waals surface area contributed by atoms with Gasteiger partial charge in [-0.2, -0.15) is 13.2 Å². The van der Waals surface area contributed by atoms with E-state index in [1.807, 2.05) is 0 Å². The van der Waals surface area contributed by atoms with Crippen molar-refractivity contribution in [3.63, 3.8) is 0 Å². The lowest BCUT2D eigenvalue weighted by molar-refractivity contribution is -0.140. The van der Waals surface area contributed by atoms with Gasteiger partial charge in [-0.25, -0.2) is 0 Å². The predicted molar refractivity (Wildman–Crippen MR) is 61.8 cm³/mol. The van der Waals surface area contributed by atoms with Gasteiger partial charge in [-0.3, -0.25) is 4.79 Å². The lowest BCUT2D eigenvalue weighted by Crippen LogP contribution is -2.19. The number of halogens is 5. The molecule has 0 aliphatic carbocycles. The van der Waals surface area contributed by atoms with Gasteiger partial charge in [0.05, 0.1) is 12.7 Å². The van der Waals surface area contributed by atoms with Crippen LogP contribution >= 0.6 is 23.2 Å². The molecule has 0 bridgehead atoms. The van der Waals surface area contributed by atoms with E-state index in [1.54, 1.807) is 0 Å². The zero-order valence-electron chi connectivity index (χ0n) is 9.22. The van der Waals surface area contributed by atoms with Gasteiger partial charge in [-0.05, 0) is 17.7 Å². The highest BCUT2D eigenvalue weighted by molar-refractivity contribution is 6.32. The first-order valence-corrected chi connectivity index (χ1v) is 5.64. The van der Waals surface area contributed by atoms with Crippen molar-refractivity contribution in [2.45, 2.75) is 18.0 Å². The number of ether oxygens (including phenoxy) is 1. The molecule has 18 heavy (non-hydrogen) atoms. The van der Waals surface area contributed by atoms with Crippen LogP contribution in [0.1, 0.15) is 11.1 Å². The van der Waals surface area contributed by atoms with Crippen LogP contribution < -0.4 is 0 Å². The van der Waals surface area contributed by atoms with Gasteiger partial charge < -0.3 is 4.74 Å². The maximum Gasteiger partial charge on any atom is 0.416 e. The van der Waals surface area contributed by atoms with Crippen molar-refractivity contribution in [3.8, 4) is 0 Å². The van der Waals surface area contributed by atoms with E-state index in [9.17, 15) is 18.0 Å². The summed E-state index contributed by atoms with van der Waals surface area (Å²) in [6.07, 6.45) is -4.45. The fraction of sp³-hybridized carbons (Fsp3) is 0.364. The second-order valence-electron chi connectivity index (χ2n) is 3.50. The molecule has 7 heteroatoms. The monoisotopic (exact) mass is 300 g/mol. The number of methoxy groups -OCH3 is 1. The Morgan fingerprint density at radius 2 is 2.06 bits per heavy atom. The van der Waals surface area contributed by atoms with E-state index in [0.29, 0.717) is 5.56 Å². The van der Waals surface area contributed by atoms with Crippen LogP contribution in [0, 0.1) is 0 Å². The molecule has 0 heterocycles. The van der Waals surface area contributed by atoms with Crippen molar-refractivity contribution in [3.05, 3.63) is 34.3 Å². The van der Waals surface area contributed by atoms with Gasteiger partial charge >= 0.3 is 12.1 Å². The van der Waals surface area contributed by atoms with Gasteiger partial charge in [0.15, 0.2) is 0 Å². The van der Waals surface area contributed by atoms with Crippen molar-refractivity contribution >= 4 is 29.2 Å². The largest absolute Gasteiger partial charge is 0.468 e. The number of hydrogen-bond acceptors (Lipinski definition) is 2. The molecule has 0 spiro atoms. The fourth-order valence-electron chi connectivity index (χ4n) is 1.29. The Labute approximate surface area is 112 Å². The second kappa shape index (κ2) is 5.80. The van der Waals surface area contributed by atoms with Crippen molar-refractivity contribution in [1.29, 1.82) is 0 Å². The van der Waals surface area contributed by atoms with Crippen molar-refractivity contribution in [2.75, 3.05) is 7.11 Å². The molecule has 0 aliphatic heterocycles. The van der Waals surface area contributed by atoms with Crippen LogP contribution in [0.5, 0.6) is 0 Å². The van der Waals surface area contributed by atoms with Crippen LogP contribution in [-0.4, -0.2) is 18.5 Å². The minimum Gasteiger partial charge on any atom is -0.468 e. The zero-order chi connectivity index (χ0) is 13.9. The molecule has 0 saturated carbocycles. The molecule has 0 aliphatic rings. The summed E-state index contributed by atoms with van der Waals surface area (Å²) in [4.78, 5) is 11.1. The number of rotatable bonds is 3. The zero-order valence-corrected chi connectivity index (χ0v) is 10.7. The minimum absolute atomic E-state index is 0.00516. The van der Waals surface area contributed by atoms with Gasteiger partial charge in [-0.15, -0.1) is 11.6 Å². The Bertz CT molecular complexity index is 446. The highest BCUT2D eigenvalue weighted by Crippen LogP contribution is 2.32. The number of esters is 1. The Morgan fingerprint density at radius 3 is 2.50 bits per heavy atom. The quantitative estimate of drug-likeness (QED) is 0.629. The molecule has 0 radical (unpaired) electrons. The van der Waals surface area contributed by atoms with E-state index < -0.39 is 23.1 Å². The van der Waals surface area contributed by atoms with E-state index in [4.69, 9.17) is 23.2 Å². The topological polar surface area (TPSA) is 26.3 Å². The minimum atomic E-state index is -4.45. The predicted octanol–water partition coefficient (Wildman–Crippen LogP) is 3.68. The van der Waals surface area contributed by atoms with E-state index in [2.05, 4.69) is 4.74 Å². The normalized spacial score (nSPS) is 13.2. The summed E-state index contributed by atoms with van der Waals surface area (Å²) in [5.74, 6) is -0.660. The van der Waals surface area contributed by atoms with E-state index in [-0.39, 0.29) is 11.4 Å². The van der Waals surface area contributed by atoms with Gasteiger partial charge in [0.1, 0.15) is 5.38 Å². The molecule has 1 rings (SSSR count). The standard InChI is InChI=1S/C11H9Cl2F3O2/c1-18-10(17)9(13)4-6-2-3-7(5-8(6)12)11(14,15)16/h2-3,5,9H,4H2,1H3/t9-/m0/s1. The first kappa shape index (κ1) is 15.1. The molecule has 0 N–H and O–H groups in total. The summed E-state index contributed by atoms with van der Waals surface area (Å²) in [6.45, 7) is 0. The average molecular weight is 301 g/mol. The van der Waals surface area contributed by atoms with Crippen LogP contribution in [0.4, 0.5) is 13.2 Å². The molecule has 0 fully saturated rings. The lowest BCUT2D eigenvalue weighted by Gasteiger charge is -2.11. The van der Waals surface area contributed by atoms with Gasteiger partial charge in [0, 0.05) is 11.4 Å². The number of alkyl halides is 4. The Balaban J connectivity index is 2.90. The van der Waals surface area contributed by atoms with Crippen molar-refractivity contribution < 1.29 is 22.7 Å². The maximum absolute atomic E-state index is 12.4. The summed E-state index contributed by atoms with van der Waals surface area (Å²) in [6, 6.07) is 2.89. The molecule has 0 unspecified atom stereocenters. The molecule has 2 nitrogen and oxygen atoms in total. The molecule has 1 aromatic carbocycles. The second-order valence-corrected chi connectivity index (χ2v) is 4.43. The Kier molecular flexibility index (Phi) is 4.87. The third-order valence-electron chi connectivity index (χ3n) is 2.24. The number of benzene rings is 1. The van der Waals surface area contributed by atoms with Gasteiger partial charge in [-0.1, -0.05) is 17.7 Å². The van der Waals surface area contributed by atoms with Crippen LogP contribution in [0.3, 0.4) is 0 Å². The fourth-order valence-corrected chi connectivity index (χ4v) is 1.81. The first-order chi connectivity index (χ1) is 8.25. The van der Waals surface area contributed by atoms with Crippen LogP contribution in [0.15, 0.2) is 18.2 Å². The molecule has 0 saturated heterocycles. The van der Waals surface area contributed by atoms with Gasteiger partial charge in [0.25, 0.3) is 0 Å². The summed E-state index contributed by atoms with van der Waals surface area (Å²) in [5, 5.41) is -1.07. The Hall–Kier alpha value is -0.940. The molecule has 0 amide bonds. The van der Waals surface area contributed by atoms with E-state index in [0.717, 1.165) is 12.1 Å². The molecular formula is C11H9Cl2F3O2. The highest BCUT2D eigenvalue weighted by Gasteiger charge is 2.31. The Morgan fingerprint density at radius 1 is 1.44 bits per heavy atom. The van der Waals surface area contributed by atoms with Crippen molar-refractivity contribution in [1.82, 2.24) is 0 Å². The smallest absolute Gasteiger partial charge is 0.416 e. The van der Waals surface area contributed by atoms with Crippen LogP contribution in [0.2, 0.25) is 5.02 Å². The summed E-state index contributed by atoms with van der Waals surface area (Å²) < 4.78 is 41.6.